The molecule has 2 aliphatic rings. The van der Waals surface area contributed by atoms with Crippen molar-refractivity contribution in [3.8, 4) is 18.2 Å². The van der Waals surface area contributed by atoms with E-state index in [0.29, 0.717) is 5.56 Å². The van der Waals surface area contributed by atoms with Gasteiger partial charge in [0.05, 0.1) is 23.9 Å². The molecule has 5 heteroatoms. The van der Waals surface area contributed by atoms with E-state index in [1.807, 2.05) is 18.2 Å². The van der Waals surface area contributed by atoms with Gasteiger partial charge in [-0.1, -0.05) is 18.2 Å². The van der Waals surface area contributed by atoms with Crippen molar-refractivity contribution in [2.75, 3.05) is 0 Å². The van der Waals surface area contributed by atoms with Gasteiger partial charge in [0.15, 0.2) is 5.41 Å². The maximum absolute atomic E-state index is 13.8. The SMILES string of the molecule is N#C[C@@H]1C(=N)C(C#N)(C#N)[C@@H](c2cccc(F)c2)[C@H]2CCCC=C12. The second-order valence-corrected chi connectivity index (χ2v) is 6.28. The fourth-order valence-electron chi connectivity index (χ4n) is 4.09. The van der Waals surface area contributed by atoms with Gasteiger partial charge in [0.2, 0.25) is 0 Å². The number of hydrogen-bond donors (Lipinski definition) is 1. The molecule has 0 radical (unpaired) electrons. The molecule has 3 rings (SSSR count). The van der Waals surface area contributed by atoms with E-state index in [0.717, 1.165) is 24.8 Å². The van der Waals surface area contributed by atoms with Crippen molar-refractivity contribution in [3.63, 3.8) is 0 Å². The van der Waals surface area contributed by atoms with Crippen LogP contribution >= 0.6 is 0 Å². The Morgan fingerprint density at radius 2 is 1.96 bits per heavy atom. The molecule has 0 saturated heterocycles. The van der Waals surface area contributed by atoms with Gasteiger partial charge in [0.25, 0.3) is 0 Å². The molecule has 3 atom stereocenters. The number of nitrogens with one attached hydrogen (secondary N) is 1. The largest absolute Gasteiger partial charge is 0.305 e. The zero-order chi connectivity index (χ0) is 17.3. The number of rotatable bonds is 1. The van der Waals surface area contributed by atoms with Crippen LogP contribution in [0.1, 0.15) is 30.7 Å². The zero-order valence-electron chi connectivity index (χ0n) is 13.0. The Hall–Kier alpha value is -2.97. The summed E-state index contributed by atoms with van der Waals surface area (Å²) in [6, 6.07) is 12.0. The van der Waals surface area contributed by atoms with Crippen LogP contribution in [-0.2, 0) is 0 Å². The highest BCUT2D eigenvalue weighted by Gasteiger charge is 2.57. The van der Waals surface area contributed by atoms with E-state index in [2.05, 4.69) is 6.07 Å². The van der Waals surface area contributed by atoms with Crippen LogP contribution in [0, 0.1) is 62.5 Å². The molecule has 1 aromatic rings. The molecule has 24 heavy (non-hydrogen) atoms. The van der Waals surface area contributed by atoms with Crippen molar-refractivity contribution >= 4 is 5.71 Å². The van der Waals surface area contributed by atoms with E-state index in [-0.39, 0.29) is 11.6 Å². The molecule has 0 bridgehead atoms. The molecule has 0 heterocycles. The van der Waals surface area contributed by atoms with Crippen LogP contribution in [0.3, 0.4) is 0 Å². The van der Waals surface area contributed by atoms with E-state index in [4.69, 9.17) is 5.41 Å². The number of benzene rings is 1. The lowest BCUT2D eigenvalue weighted by molar-refractivity contribution is 0.319. The molecule has 0 amide bonds. The summed E-state index contributed by atoms with van der Waals surface area (Å²) in [5.41, 5.74) is -0.581. The van der Waals surface area contributed by atoms with Gasteiger partial charge in [-0.3, -0.25) is 0 Å². The van der Waals surface area contributed by atoms with Gasteiger partial charge >= 0.3 is 0 Å². The van der Waals surface area contributed by atoms with Crippen LogP contribution in [0.5, 0.6) is 0 Å². The summed E-state index contributed by atoms with van der Waals surface area (Å²) < 4.78 is 13.8. The summed E-state index contributed by atoms with van der Waals surface area (Å²) in [6.45, 7) is 0. The molecule has 0 unspecified atom stereocenters. The van der Waals surface area contributed by atoms with Gasteiger partial charge in [0, 0.05) is 5.92 Å². The van der Waals surface area contributed by atoms with E-state index < -0.39 is 23.1 Å². The third-order valence-corrected chi connectivity index (χ3v) is 5.13. The highest BCUT2D eigenvalue weighted by Crippen LogP contribution is 2.55. The van der Waals surface area contributed by atoms with Crippen LogP contribution in [-0.4, -0.2) is 5.71 Å². The van der Waals surface area contributed by atoms with E-state index in [1.165, 1.54) is 12.1 Å². The minimum atomic E-state index is -1.74. The Labute approximate surface area is 140 Å². The fraction of sp³-hybridized carbons (Fsp3) is 0.368. The van der Waals surface area contributed by atoms with Gasteiger partial charge < -0.3 is 5.41 Å². The Morgan fingerprint density at radius 1 is 1.21 bits per heavy atom. The average molecular weight is 318 g/mol. The third kappa shape index (κ3) is 2.12. The molecule has 1 N–H and O–H groups in total. The number of hydrogen-bond acceptors (Lipinski definition) is 4. The molecule has 2 aliphatic carbocycles. The van der Waals surface area contributed by atoms with Gasteiger partial charge in [-0.15, -0.1) is 0 Å². The molecule has 118 valence electrons. The summed E-state index contributed by atoms with van der Waals surface area (Å²) in [5, 5.41) is 37.5. The standard InChI is InChI=1S/C19H15FN4/c20-13-5-3-4-12(8-13)17-15-7-2-1-6-14(15)16(9-21)18(24)19(17,10-22)11-23/h3-6,8,15-17,24H,1-2,7H2/t15-,16-,17-/m0/s1. The first-order chi connectivity index (χ1) is 11.6. The van der Waals surface area contributed by atoms with Crippen LogP contribution < -0.4 is 0 Å². The highest BCUT2D eigenvalue weighted by atomic mass is 19.1. The second kappa shape index (κ2) is 5.91. The monoisotopic (exact) mass is 318 g/mol. The second-order valence-electron chi connectivity index (χ2n) is 6.28. The molecular formula is C19H15FN4. The van der Waals surface area contributed by atoms with Crippen LogP contribution in [0.2, 0.25) is 0 Å². The summed E-state index contributed by atoms with van der Waals surface area (Å²) in [5.74, 6) is -2.11. The first-order valence-electron chi connectivity index (χ1n) is 7.85. The minimum Gasteiger partial charge on any atom is -0.305 e. The van der Waals surface area contributed by atoms with Gasteiger partial charge in [-0.25, -0.2) is 4.39 Å². The summed E-state index contributed by atoms with van der Waals surface area (Å²) in [6.07, 6.45) is 4.39. The molecule has 1 fully saturated rings. The Bertz CT molecular complexity index is 835. The molecule has 0 aromatic heterocycles. The van der Waals surface area contributed by atoms with Crippen molar-refractivity contribution < 1.29 is 4.39 Å². The summed E-state index contributed by atoms with van der Waals surface area (Å²) in [4.78, 5) is 0. The topological polar surface area (TPSA) is 95.2 Å². The molecular weight excluding hydrogens is 303 g/mol. The van der Waals surface area contributed by atoms with Crippen LogP contribution in [0.15, 0.2) is 35.9 Å². The lowest BCUT2D eigenvalue weighted by Gasteiger charge is -2.45. The Balaban J connectivity index is 2.27. The number of nitrogens with zero attached hydrogens (tertiary/aromatic N) is 3. The summed E-state index contributed by atoms with van der Waals surface area (Å²) in [7, 11) is 0. The van der Waals surface area contributed by atoms with Crippen molar-refractivity contribution in [1.29, 1.82) is 21.2 Å². The zero-order valence-corrected chi connectivity index (χ0v) is 13.0. The minimum absolute atomic E-state index is 0.186. The predicted octanol–water partition coefficient (Wildman–Crippen LogP) is 3.84. The van der Waals surface area contributed by atoms with Crippen molar-refractivity contribution in [2.45, 2.75) is 25.2 Å². The van der Waals surface area contributed by atoms with Crippen molar-refractivity contribution in [3.05, 3.63) is 47.3 Å². The molecule has 1 saturated carbocycles. The maximum Gasteiger partial charge on any atom is 0.189 e. The molecule has 4 nitrogen and oxygen atoms in total. The predicted molar refractivity (Wildman–Crippen MR) is 85.1 cm³/mol. The number of fused-ring (bicyclic) bond motifs is 1. The van der Waals surface area contributed by atoms with Gasteiger partial charge in [0.1, 0.15) is 11.7 Å². The Morgan fingerprint density at radius 3 is 2.58 bits per heavy atom. The first-order valence-corrected chi connectivity index (χ1v) is 7.85. The van der Waals surface area contributed by atoms with Crippen LogP contribution in [0.25, 0.3) is 0 Å². The number of allylic oxidation sites excluding steroid dienone is 2. The third-order valence-electron chi connectivity index (χ3n) is 5.13. The maximum atomic E-state index is 13.8. The first kappa shape index (κ1) is 15.9. The molecule has 0 aliphatic heterocycles. The molecule has 1 aromatic carbocycles. The van der Waals surface area contributed by atoms with Crippen molar-refractivity contribution in [1.82, 2.24) is 0 Å². The normalized spacial score (nSPS) is 27.8. The van der Waals surface area contributed by atoms with Crippen LogP contribution in [0.4, 0.5) is 4.39 Å². The Kier molecular flexibility index (Phi) is 3.92. The van der Waals surface area contributed by atoms with Gasteiger partial charge in [-0.2, -0.15) is 15.8 Å². The number of halogens is 1. The lowest BCUT2D eigenvalue weighted by atomic mass is 9.53. The smallest absolute Gasteiger partial charge is 0.189 e. The van der Waals surface area contributed by atoms with Gasteiger partial charge in [-0.05, 0) is 48.4 Å². The quantitative estimate of drug-likeness (QED) is 0.797. The molecule has 0 spiro atoms. The summed E-state index contributed by atoms with van der Waals surface area (Å²) >= 11 is 0. The van der Waals surface area contributed by atoms with E-state index in [9.17, 15) is 20.2 Å². The lowest BCUT2D eigenvalue weighted by Crippen LogP contribution is -2.48. The average Bonchev–Trinajstić information content (AvgIpc) is 2.61. The number of nitriles is 3. The van der Waals surface area contributed by atoms with E-state index >= 15 is 0 Å². The highest BCUT2D eigenvalue weighted by molar-refractivity contribution is 6.00. The van der Waals surface area contributed by atoms with Crippen molar-refractivity contribution in [2.24, 2.45) is 17.3 Å². The van der Waals surface area contributed by atoms with E-state index in [1.54, 1.807) is 12.1 Å². The fourth-order valence-corrected chi connectivity index (χ4v) is 4.09.